The number of rotatable bonds is 2. The molecule has 0 saturated heterocycles. The first kappa shape index (κ1) is 15.1. The lowest BCUT2D eigenvalue weighted by Crippen LogP contribution is -2.42. The smallest absolute Gasteiger partial charge is 0.347 e. The van der Waals surface area contributed by atoms with Crippen LogP contribution in [0.3, 0.4) is 0 Å². The largest absolute Gasteiger partial charge is 0.383 e. The molecule has 1 aromatic heterocycles. The molecule has 0 aliphatic carbocycles. The third-order valence-corrected chi connectivity index (χ3v) is 8.72. The molecule has 2 heterocycles. The molecule has 1 unspecified atom stereocenters. The van der Waals surface area contributed by atoms with Crippen molar-refractivity contribution < 1.29 is 26.3 Å². The van der Waals surface area contributed by atoms with Crippen LogP contribution in [0.2, 0.25) is 0 Å². The predicted octanol–water partition coefficient (Wildman–Crippen LogP) is 1.000. The van der Waals surface area contributed by atoms with Gasteiger partial charge in [0.1, 0.15) is 6.10 Å². The van der Waals surface area contributed by atoms with Crippen LogP contribution >= 0.6 is 0 Å². The summed E-state index contributed by atoms with van der Waals surface area (Å²) in [6.45, 7) is 0. The molecule has 3 rings (SSSR count). The summed E-state index contributed by atoms with van der Waals surface area (Å²) < 4.78 is 61.0. The zero-order valence-corrected chi connectivity index (χ0v) is 12.6. The quantitative estimate of drug-likeness (QED) is 0.873. The van der Waals surface area contributed by atoms with Gasteiger partial charge in [0.25, 0.3) is 0 Å². The Morgan fingerprint density at radius 1 is 1.00 bits per heavy atom. The maximum Gasteiger partial charge on any atom is 0.347 e. The summed E-state index contributed by atoms with van der Waals surface area (Å²) in [6.07, 6.45) is -0.0725. The summed E-state index contributed by atoms with van der Waals surface area (Å²) in [5.41, 5.74) is -0.245. The Morgan fingerprint density at radius 2 is 1.55 bits per heavy atom. The summed E-state index contributed by atoms with van der Waals surface area (Å²) in [4.78, 5) is 2.33. The normalized spacial score (nSPS) is 21.9. The Kier molecular flexibility index (Phi) is 3.13. The standard InChI is InChI=1S/C13H10FNO5S2/c14-13(12(16)9-4-3-7-15-8-9)21(17,18)10-5-1-2-6-11(10)22(13,19)20/h1-8,12,16H. The van der Waals surface area contributed by atoms with E-state index in [2.05, 4.69) is 4.98 Å². The van der Waals surface area contributed by atoms with Gasteiger partial charge in [-0.3, -0.25) is 4.98 Å². The number of aliphatic hydroxyl groups is 1. The van der Waals surface area contributed by atoms with Gasteiger partial charge in [0, 0.05) is 18.0 Å². The van der Waals surface area contributed by atoms with Crippen molar-refractivity contribution in [2.45, 2.75) is 20.2 Å². The fourth-order valence-corrected chi connectivity index (χ4v) is 7.36. The maximum absolute atomic E-state index is 15.3. The van der Waals surface area contributed by atoms with Crippen LogP contribution in [0, 0.1) is 0 Å². The van der Waals surface area contributed by atoms with Crippen molar-refractivity contribution in [1.82, 2.24) is 4.98 Å². The van der Waals surface area contributed by atoms with Gasteiger partial charge in [-0.05, 0) is 18.2 Å². The van der Waals surface area contributed by atoms with Gasteiger partial charge in [-0.15, -0.1) is 0 Å². The summed E-state index contributed by atoms with van der Waals surface area (Å²) in [6, 6.07) is 7.11. The molecule has 1 aliphatic heterocycles. The van der Waals surface area contributed by atoms with Crippen LogP contribution in [0.4, 0.5) is 4.39 Å². The first-order valence-electron chi connectivity index (χ1n) is 6.10. The highest BCUT2D eigenvalue weighted by Gasteiger charge is 2.68. The molecule has 116 valence electrons. The molecule has 6 nitrogen and oxygen atoms in total. The fraction of sp³-hybridized carbons (Fsp3) is 0.154. The van der Waals surface area contributed by atoms with E-state index >= 15 is 4.39 Å². The molecule has 1 aromatic carbocycles. The molecule has 0 radical (unpaired) electrons. The van der Waals surface area contributed by atoms with Crippen molar-refractivity contribution in [3.05, 3.63) is 54.4 Å². The first-order valence-corrected chi connectivity index (χ1v) is 9.06. The number of hydrogen-bond acceptors (Lipinski definition) is 6. The lowest BCUT2D eigenvalue weighted by molar-refractivity contribution is 0.0955. The van der Waals surface area contributed by atoms with Crippen LogP contribution in [-0.2, 0) is 19.7 Å². The number of benzene rings is 1. The summed E-state index contributed by atoms with van der Waals surface area (Å²) in [5.74, 6) is 0. The highest BCUT2D eigenvalue weighted by molar-refractivity contribution is 8.12. The van der Waals surface area contributed by atoms with E-state index in [0.29, 0.717) is 0 Å². The van der Waals surface area contributed by atoms with Crippen LogP contribution in [-0.4, -0.2) is 31.3 Å². The van der Waals surface area contributed by atoms with E-state index in [1.165, 1.54) is 30.5 Å². The monoisotopic (exact) mass is 343 g/mol. The second-order valence-electron chi connectivity index (χ2n) is 4.72. The topological polar surface area (TPSA) is 101 Å². The Labute approximate surface area is 126 Å². The Bertz CT molecular complexity index is 888. The zero-order chi connectivity index (χ0) is 16.2. The fourth-order valence-electron chi connectivity index (χ4n) is 2.37. The molecule has 22 heavy (non-hydrogen) atoms. The molecule has 1 aliphatic rings. The minimum absolute atomic E-state index is 0.245. The minimum atomic E-state index is -4.93. The van der Waals surface area contributed by atoms with Gasteiger partial charge in [-0.25, -0.2) is 21.2 Å². The number of hydrogen-bond donors (Lipinski definition) is 1. The molecule has 1 N–H and O–H groups in total. The van der Waals surface area contributed by atoms with Gasteiger partial charge in [0.05, 0.1) is 9.79 Å². The molecule has 0 saturated carbocycles. The van der Waals surface area contributed by atoms with Gasteiger partial charge >= 0.3 is 4.33 Å². The molecular formula is C13H10FNO5S2. The third kappa shape index (κ3) is 1.64. The van der Waals surface area contributed by atoms with E-state index in [0.717, 1.165) is 18.3 Å². The maximum atomic E-state index is 15.3. The molecule has 1 atom stereocenters. The van der Waals surface area contributed by atoms with Crippen LogP contribution in [0.15, 0.2) is 58.6 Å². The van der Waals surface area contributed by atoms with E-state index in [1.807, 2.05) is 0 Å². The number of alkyl halides is 1. The Morgan fingerprint density at radius 3 is 2.00 bits per heavy atom. The number of fused-ring (bicyclic) bond motifs is 1. The number of sulfone groups is 2. The number of pyridine rings is 1. The average molecular weight is 343 g/mol. The van der Waals surface area contributed by atoms with Gasteiger partial charge in [-0.1, -0.05) is 18.2 Å². The number of nitrogens with zero attached hydrogens (tertiary/aromatic N) is 1. The molecule has 2 aromatic rings. The summed E-state index contributed by atoms with van der Waals surface area (Å²) >= 11 is 0. The third-order valence-electron chi connectivity index (χ3n) is 3.49. The minimum Gasteiger partial charge on any atom is -0.383 e. The van der Waals surface area contributed by atoms with E-state index in [4.69, 9.17) is 0 Å². The molecular weight excluding hydrogens is 333 g/mol. The number of halogens is 1. The Balaban J connectivity index is 2.32. The van der Waals surface area contributed by atoms with Crippen molar-refractivity contribution in [2.24, 2.45) is 0 Å². The van der Waals surface area contributed by atoms with Crippen LogP contribution in [0.25, 0.3) is 0 Å². The van der Waals surface area contributed by atoms with Gasteiger partial charge < -0.3 is 5.11 Å². The van der Waals surface area contributed by atoms with E-state index in [-0.39, 0.29) is 5.56 Å². The lowest BCUT2D eigenvalue weighted by Gasteiger charge is -2.24. The average Bonchev–Trinajstić information content (AvgIpc) is 2.65. The molecule has 9 heteroatoms. The first-order chi connectivity index (χ1) is 10.2. The van der Waals surface area contributed by atoms with Crippen molar-refractivity contribution in [3.8, 4) is 0 Å². The zero-order valence-electron chi connectivity index (χ0n) is 10.9. The molecule has 0 spiro atoms. The van der Waals surface area contributed by atoms with Crippen molar-refractivity contribution in [2.75, 3.05) is 0 Å². The van der Waals surface area contributed by atoms with Crippen molar-refractivity contribution in [3.63, 3.8) is 0 Å². The Hall–Kier alpha value is -1.84. The van der Waals surface area contributed by atoms with E-state index in [1.54, 1.807) is 0 Å². The van der Waals surface area contributed by atoms with Gasteiger partial charge in [0.2, 0.25) is 19.7 Å². The lowest BCUT2D eigenvalue weighted by atomic mass is 10.2. The highest BCUT2D eigenvalue weighted by Crippen LogP contribution is 2.52. The molecule has 0 amide bonds. The molecule has 0 fully saturated rings. The number of aromatic nitrogens is 1. The van der Waals surface area contributed by atoms with Crippen LogP contribution in [0.5, 0.6) is 0 Å². The van der Waals surface area contributed by atoms with Crippen molar-refractivity contribution in [1.29, 1.82) is 0 Å². The number of aliphatic hydroxyl groups excluding tert-OH is 1. The highest BCUT2D eigenvalue weighted by atomic mass is 32.3. The summed E-state index contributed by atoms with van der Waals surface area (Å²) in [7, 11) is -9.87. The predicted molar refractivity (Wildman–Crippen MR) is 73.8 cm³/mol. The van der Waals surface area contributed by atoms with E-state index in [9.17, 15) is 21.9 Å². The SMILES string of the molecule is O=S1(=O)c2ccccc2S(=O)(=O)C1(F)C(O)c1cccnc1. The molecule has 0 bridgehead atoms. The van der Waals surface area contributed by atoms with E-state index < -0.39 is 39.9 Å². The summed E-state index contributed by atoms with van der Waals surface area (Å²) in [5, 5.41) is 10.1. The van der Waals surface area contributed by atoms with Gasteiger partial charge in [0.15, 0.2) is 0 Å². The second-order valence-corrected chi connectivity index (χ2v) is 9.07. The second kappa shape index (κ2) is 4.58. The van der Waals surface area contributed by atoms with Gasteiger partial charge in [-0.2, -0.15) is 0 Å². The van der Waals surface area contributed by atoms with Crippen LogP contribution in [0.1, 0.15) is 11.7 Å². The van der Waals surface area contributed by atoms with Crippen molar-refractivity contribution >= 4 is 19.7 Å². The van der Waals surface area contributed by atoms with Crippen LogP contribution < -0.4 is 0 Å².